The van der Waals surface area contributed by atoms with Gasteiger partial charge in [-0.1, -0.05) is 11.6 Å². The number of hydrogen-bond donors (Lipinski definition) is 1. The van der Waals surface area contributed by atoms with E-state index in [1.165, 1.54) is 17.3 Å². The van der Waals surface area contributed by atoms with Gasteiger partial charge in [0.1, 0.15) is 0 Å². The maximum absolute atomic E-state index is 12.6. The Bertz CT molecular complexity index is 681. The zero-order valence-electron chi connectivity index (χ0n) is 11.9. The van der Waals surface area contributed by atoms with Crippen LogP contribution in [0.4, 0.5) is 5.69 Å². The predicted octanol–water partition coefficient (Wildman–Crippen LogP) is 2.09. The molecular formula is C12H17Cl2N3O4S. The lowest BCUT2D eigenvalue weighted by Crippen LogP contribution is -2.39. The molecule has 1 fully saturated rings. The molecule has 0 aliphatic carbocycles. The monoisotopic (exact) mass is 369 g/mol. The second-order valence-corrected chi connectivity index (χ2v) is 7.25. The van der Waals surface area contributed by atoms with Crippen LogP contribution < -0.4 is 5.73 Å². The highest BCUT2D eigenvalue weighted by Gasteiger charge is 2.35. The molecule has 1 heterocycles. The summed E-state index contributed by atoms with van der Waals surface area (Å²) in [6, 6.07) is 2.04. The summed E-state index contributed by atoms with van der Waals surface area (Å²) in [6.45, 7) is 2.07. The molecule has 2 N–H and O–H groups in total. The zero-order valence-corrected chi connectivity index (χ0v) is 14.2. The molecule has 1 saturated heterocycles. The fourth-order valence-corrected chi connectivity index (χ4v) is 4.51. The third kappa shape index (κ3) is 3.36. The van der Waals surface area contributed by atoms with Crippen LogP contribution in [-0.4, -0.2) is 36.8 Å². The van der Waals surface area contributed by atoms with Gasteiger partial charge in [0.05, 0.1) is 14.8 Å². The molecule has 1 aromatic carbocycles. The van der Waals surface area contributed by atoms with Crippen molar-refractivity contribution in [2.45, 2.75) is 30.7 Å². The Morgan fingerprint density at radius 2 is 2.14 bits per heavy atom. The molecule has 0 amide bonds. The van der Waals surface area contributed by atoms with Crippen molar-refractivity contribution in [3.8, 4) is 0 Å². The van der Waals surface area contributed by atoms with Gasteiger partial charge in [0.2, 0.25) is 10.0 Å². The van der Waals surface area contributed by atoms with E-state index in [9.17, 15) is 18.5 Å². The Morgan fingerprint density at radius 1 is 1.50 bits per heavy atom. The van der Waals surface area contributed by atoms with E-state index in [0.29, 0.717) is 13.0 Å². The van der Waals surface area contributed by atoms with Gasteiger partial charge in [-0.25, -0.2) is 8.42 Å². The van der Waals surface area contributed by atoms with Crippen LogP contribution >= 0.6 is 24.0 Å². The first-order valence-corrected chi connectivity index (χ1v) is 8.27. The number of halogens is 2. The van der Waals surface area contributed by atoms with Crippen molar-refractivity contribution >= 4 is 39.7 Å². The van der Waals surface area contributed by atoms with E-state index >= 15 is 0 Å². The number of benzene rings is 1. The summed E-state index contributed by atoms with van der Waals surface area (Å²) in [6.07, 6.45) is 1.42. The maximum atomic E-state index is 12.6. The molecule has 0 spiro atoms. The second kappa shape index (κ2) is 7.10. The highest BCUT2D eigenvalue weighted by molar-refractivity contribution is 7.89. The minimum absolute atomic E-state index is 0. The van der Waals surface area contributed by atoms with Crippen LogP contribution in [0.5, 0.6) is 0 Å². The summed E-state index contributed by atoms with van der Waals surface area (Å²) >= 11 is 5.93. The van der Waals surface area contributed by atoms with Gasteiger partial charge in [0.25, 0.3) is 5.69 Å². The molecular weight excluding hydrogens is 353 g/mol. The molecule has 1 unspecified atom stereocenters. The number of nitrogens with two attached hydrogens (primary N) is 1. The Kier molecular flexibility index (Phi) is 6.17. The topological polar surface area (TPSA) is 107 Å². The van der Waals surface area contributed by atoms with Gasteiger partial charge in [-0.05, 0) is 25.8 Å². The SMILES string of the molecule is Cc1c(Cl)cc(S(=O)(=O)N2CCCC2CN)cc1[N+](=O)[O-].Cl. The quantitative estimate of drug-likeness (QED) is 0.645. The molecule has 1 atom stereocenters. The van der Waals surface area contributed by atoms with Crippen LogP contribution in [0.3, 0.4) is 0 Å². The van der Waals surface area contributed by atoms with Gasteiger partial charge < -0.3 is 5.73 Å². The smallest absolute Gasteiger partial charge is 0.275 e. The normalized spacial score (nSPS) is 19.0. The summed E-state index contributed by atoms with van der Waals surface area (Å²) in [7, 11) is -3.83. The van der Waals surface area contributed by atoms with E-state index in [1.54, 1.807) is 0 Å². The molecule has 22 heavy (non-hydrogen) atoms. The third-order valence-electron chi connectivity index (χ3n) is 3.69. The van der Waals surface area contributed by atoms with Gasteiger partial charge in [-0.2, -0.15) is 4.31 Å². The van der Waals surface area contributed by atoms with Crippen molar-refractivity contribution in [1.82, 2.24) is 4.31 Å². The number of nitro benzene ring substituents is 1. The Labute approximate surface area is 140 Å². The zero-order chi connectivity index (χ0) is 15.8. The van der Waals surface area contributed by atoms with Gasteiger partial charge >= 0.3 is 0 Å². The lowest BCUT2D eigenvalue weighted by molar-refractivity contribution is -0.385. The molecule has 2 rings (SSSR count). The first kappa shape index (κ1) is 19.1. The first-order valence-electron chi connectivity index (χ1n) is 6.45. The highest BCUT2D eigenvalue weighted by atomic mass is 35.5. The lowest BCUT2D eigenvalue weighted by Gasteiger charge is -2.23. The first-order chi connectivity index (χ1) is 9.78. The number of nitro groups is 1. The molecule has 0 aromatic heterocycles. The van der Waals surface area contributed by atoms with Crippen LogP contribution in [0.25, 0.3) is 0 Å². The largest absolute Gasteiger partial charge is 0.329 e. The van der Waals surface area contributed by atoms with Crippen molar-refractivity contribution in [2.24, 2.45) is 5.73 Å². The van der Waals surface area contributed by atoms with Crippen molar-refractivity contribution in [3.05, 3.63) is 32.8 Å². The summed E-state index contributed by atoms with van der Waals surface area (Å²) in [5.74, 6) is 0. The minimum atomic E-state index is -3.83. The lowest BCUT2D eigenvalue weighted by atomic mass is 10.2. The Balaban J connectivity index is 0.00000242. The Morgan fingerprint density at radius 3 is 2.68 bits per heavy atom. The fourth-order valence-electron chi connectivity index (χ4n) is 2.48. The average Bonchev–Trinajstić information content (AvgIpc) is 2.90. The van der Waals surface area contributed by atoms with Crippen molar-refractivity contribution in [2.75, 3.05) is 13.1 Å². The number of nitrogens with zero attached hydrogens (tertiary/aromatic N) is 2. The number of rotatable bonds is 4. The molecule has 0 bridgehead atoms. The van der Waals surface area contributed by atoms with Crippen LogP contribution in [0, 0.1) is 17.0 Å². The van der Waals surface area contributed by atoms with Crippen molar-refractivity contribution in [3.63, 3.8) is 0 Å². The molecule has 1 aliphatic rings. The van der Waals surface area contributed by atoms with Crippen LogP contribution in [0.1, 0.15) is 18.4 Å². The molecule has 7 nitrogen and oxygen atoms in total. The average molecular weight is 370 g/mol. The van der Waals surface area contributed by atoms with Crippen LogP contribution in [0.15, 0.2) is 17.0 Å². The van der Waals surface area contributed by atoms with E-state index in [1.807, 2.05) is 0 Å². The summed E-state index contributed by atoms with van der Waals surface area (Å²) in [5, 5.41) is 11.1. The number of hydrogen-bond acceptors (Lipinski definition) is 5. The van der Waals surface area contributed by atoms with Gasteiger partial charge in [0, 0.05) is 30.8 Å². The molecule has 1 aromatic rings. The third-order valence-corrected chi connectivity index (χ3v) is 6.01. The summed E-state index contributed by atoms with van der Waals surface area (Å²) in [4.78, 5) is 10.2. The van der Waals surface area contributed by atoms with Gasteiger partial charge in [-0.15, -0.1) is 12.4 Å². The van der Waals surface area contributed by atoms with Crippen molar-refractivity contribution < 1.29 is 13.3 Å². The second-order valence-electron chi connectivity index (χ2n) is 4.95. The standard InChI is InChI=1S/C12H16ClN3O4S.ClH/c1-8-11(13)5-10(6-12(8)16(17)18)21(19,20)15-4-2-3-9(15)7-14;/h5-6,9H,2-4,7,14H2,1H3;1H. The van der Waals surface area contributed by atoms with Gasteiger partial charge in [0.15, 0.2) is 0 Å². The fraction of sp³-hybridized carbons (Fsp3) is 0.500. The van der Waals surface area contributed by atoms with Crippen LogP contribution in [-0.2, 0) is 10.0 Å². The van der Waals surface area contributed by atoms with E-state index in [4.69, 9.17) is 17.3 Å². The highest BCUT2D eigenvalue weighted by Crippen LogP contribution is 2.33. The molecule has 10 heteroatoms. The summed E-state index contributed by atoms with van der Waals surface area (Å²) < 4.78 is 26.6. The Hall–Kier alpha value is -0.930. The number of sulfonamides is 1. The predicted molar refractivity (Wildman–Crippen MR) is 86.1 cm³/mol. The molecule has 1 aliphatic heterocycles. The molecule has 124 valence electrons. The van der Waals surface area contributed by atoms with E-state index < -0.39 is 14.9 Å². The van der Waals surface area contributed by atoms with Crippen LogP contribution in [0.2, 0.25) is 5.02 Å². The van der Waals surface area contributed by atoms with Crippen molar-refractivity contribution in [1.29, 1.82) is 0 Å². The molecule has 0 radical (unpaired) electrons. The molecule has 0 saturated carbocycles. The van der Waals surface area contributed by atoms with E-state index in [0.717, 1.165) is 12.5 Å². The van der Waals surface area contributed by atoms with E-state index in [-0.39, 0.29) is 46.2 Å². The maximum Gasteiger partial charge on any atom is 0.275 e. The van der Waals surface area contributed by atoms with Gasteiger partial charge in [-0.3, -0.25) is 10.1 Å². The van der Waals surface area contributed by atoms with E-state index in [2.05, 4.69) is 0 Å². The summed E-state index contributed by atoms with van der Waals surface area (Å²) in [5.41, 5.74) is 5.54. The minimum Gasteiger partial charge on any atom is -0.329 e.